The molecule has 0 aliphatic carbocycles. The monoisotopic (exact) mass is 329 g/mol. The van der Waals surface area contributed by atoms with Gasteiger partial charge in [-0.25, -0.2) is 8.42 Å². The summed E-state index contributed by atoms with van der Waals surface area (Å²) >= 11 is 6.01. The second kappa shape index (κ2) is 5.85. The number of nitrogens with two attached hydrogens (primary N) is 1. The molecule has 1 atom stereocenters. The van der Waals surface area contributed by atoms with Crippen molar-refractivity contribution in [3.8, 4) is 0 Å². The topological polar surface area (TPSA) is 66.6 Å². The first-order valence-corrected chi connectivity index (χ1v) is 9.07. The van der Waals surface area contributed by atoms with E-state index >= 15 is 0 Å². The maximum Gasteiger partial charge on any atom is 0.243 e. The summed E-state index contributed by atoms with van der Waals surface area (Å²) in [6.07, 6.45) is 2.25. The first kappa shape index (κ1) is 15.2. The Labute approximate surface area is 130 Å². The van der Waals surface area contributed by atoms with E-state index < -0.39 is 10.0 Å². The number of hydrogen-bond donors (Lipinski definition) is 1. The van der Waals surface area contributed by atoms with Crippen molar-refractivity contribution in [2.24, 2.45) is 5.73 Å². The van der Waals surface area contributed by atoms with Crippen molar-refractivity contribution in [2.45, 2.75) is 30.3 Å². The summed E-state index contributed by atoms with van der Waals surface area (Å²) in [6, 6.07) is 5.15. The fourth-order valence-electron chi connectivity index (χ4n) is 3.20. The van der Waals surface area contributed by atoms with Crippen molar-refractivity contribution in [3.63, 3.8) is 0 Å². The molecule has 0 spiro atoms. The summed E-state index contributed by atoms with van der Waals surface area (Å²) in [7, 11) is -3.46. The van der Waals surface area contributed by atoms with E-state index in [0.29, 0.717) is 34.6 Å². The van der Waals surface area contributed by atoms with Crippen molar-refractivity contribution in [2.75, 3.05) is 26.2 Å². The Morgan fingerprint density at radius 2 is 2.10 bits per heavy atom. The van der Waals surface area contributed by atoms with Gasteiger partial charge in [0.2, 0.25) is 10.0 Å². The third-order valence-electron chi connectivity index (χ3n) is 4.42. The molecule has 2 fully saturated rings. The zero-order valence-corrected chi connectivity index (χ0v) is 13.4. The van der Waals surface area contributed by atoms with Gasteiger partial charge >= 0.3 is 0 Å². The minimum absolute atomic E-state index is 0.235. The predicted molar refractivity (Wildman–Crippen MR) is 82.7 cm³/mol. The number of halogens is 1. The lowest BCUT2D eigenvalue weighted by atomic mass is 10.2. The van der Waals surface area contributed by atoms with E-state index in [1.54, 1.807) is 22.5 Å². The Kier molecular flexibility index (Phi) is 4.25. The van der Waals surface area contributed by atoms with Crippen LogP contribution in [0.25, 0.3) is 0 Å². The predicted octanol–water partition coefficient (Wildman–Crippen LogP) is 1.27. The number of nitrogens with zero attached hydrogens (tertiary/aromatic N) is 2. The smallest absolute Gasteiger partial charge is 0.243 e. The van der Waals surface area contributed by atoms with Crippen molar-refractivity contribution in [3.05, 3.63) is 28.8 Å². The third-order valence-corrected chi connectivity index (χ3v) is 6.65. The van der Waals surface area contributed by atoms with E-state index in [9.17, 15) is 8.42 Å². The quantitative estimate of drug-likeness (QED) is 0.907. The van der Waals surface area contributed by atoms with Crippen LogP contribution in [0.1, 0.15) is 18.4 Å². The molecule has 21 heavy (non-hydrogen) atoms. The first-order chi connectivity index (χ1) is 10.0. The second-order valence-corrected chi connectivity index (χ2v) is 8.00. The Morgan fingerprint density at radius 1 is 1.29 bits per heavy atom. The first-order valence-electron chi connectivity index (χ1n) is 7.25. The van der Waals surface area contributed by atoms with Crippen molar-refractivity contribution in [1.29, 1.82) is 0 Å². The standard InChI is InChI=1S/C14H20ClN3O2S/c15-14-4-3-13(8-11(14)9-16)21(19,20)18-7-6-17-5-1-2-12(17)10-18/h3-4,8,12H,1-2,5-7,9-10,16H2. The molecule has 0 saturated carbocycles. The van der Waals surface area contributed by atoms with Crippen LogP contribution in [0.15, 0.2) is 23.1 Å². The number of piperazine rings is 1. The van der Waals surface area contributed by atoms with E-state index in [-0.39, 0.29) is 6.54 Å². The van der Waals surface area contributed by atoms with Crippen LogP contribution in [0.4, 0.5) is 0 Å². The van der Waals surface area contributed by atoms with Gasteiger partial charge in [-0.3, -0.25) is 4.90 Å². The lowest BCUT2D eigenvalue weighted by molar-refractivity contribution is 0.158. The SMILES string of the molecule is NCc1cc(S(=O)(=O)N2CCN3CCCC3C2)ccc1Cl. The van der Waals surface area contributed by atoms with Crippen molar-refractivity contribution >= 4 is 21.6 Å². The Bertz CT molecular complexity index is 635. The van der Waals surface area contributed by atoms with Gasteiger partial charge < -0.3 is 5.73 Å². The van der Waals surface area contributed by atoms with Gasteiger partial charge in [-0.1, -0.05) is 11.6 Å². The van der Waals surface area contributed by atoms with Crippen LogP contribution in [0.2, 0.25) is 5.02 Å². The van der Waals surface area contributed by atoms with E-state index in [0.717, 1.165) is 25.9 Å². The van der Waals surface area contributed by atoms with Crippen LogP contribution < -0.4 is 5.73 Å². The molecule has 2 aliphatic rings. The number of hydrogen-bond acceptors (Lipinski definition) is 4. The van der Waals surface area contributed by atoms with E-state index in [1.165, 1.54) is 0 Å². The summed E-state index contributed by atoms with van der Waals surface area (Å²) in [6.45, 7) is 3.29. The number of sulfonamides is 1. The van der Waals surface area contributed by atoms with E-state index in [1.807, 2.05) is 0 Å². The molecule has 1 aromatic carbocycles. The summed E-state index contributed by atoms with van der Waals surface area (Å²) < 4.78 is 27.2. The lowest BCUT2D eigenvalue weighted by Crippen LogP contribution is -2.51. The van der Waals surface area contributed by atoms with Gasteiger partial charge in [0.15, 0.2) is 0 Å². The van der Waals surface area contributed by atoms with Gasteiger partial charge in [0.05, 0.1) is 4.90 Å². The molecule has 0 bridgehead atoms. The molecular formula is C14H20ClN3O2S. The lowest BCUT2D eigenvalue weighted by Gasteiger charge is -2.36. The third kappa shape index (κ3) is 2.83. The number of rotatable bonds is 3. The molecule has 116 valence electrons. The molecule has 2 saturated heterocycles. The molecule has 2 N–H and O–H groups in total. The molecule has 0 radical (unpaired) electrons. The molecule has 3 rings (SSSR count). The van der Waals surface area contributed by atoms with Crippen LogP contribution in [0, 0.1) is 0 Å². The van der Waals surface area contributed by atoms with Crippen molar-refractivity contribution < 1.29 is 8.42 Å². The Balaban J connectivity index is 1.86. The average molecular weight is 330 g/mol. The summed E-state index contributed by atoms with van der Waals surface area (Å²) in [5, 5.41) is 0.511. The normalized spacial score (nSPS) is 24.2. The summed E-state index contributed by atoms with van der Waals surface area (Å²) in [5.74, 6) is 0. The van der Waals surface area contributed by atoms with E-state index in [2.05, 4.69) is 4.90 Å². The molecule has 0 aromatic heterocycles. The van der Waals surface area contributed by atoms with Crippen LogP contribution in [0.3, 0.4) is 0 Å². The van der Waals surface area contributed by atoms with Crippen LogP contribution in [-0.4, -0.2) is 49.8 Å². The molecule has 1 aromatic rings. The number of fused-ring (bicyclic) bond motifs is 1. The largest absolute Gasteiger partial charge is 0.326 e. The highest BCUT2D eigenvalue weighted by molar-refractivity contribution is 7.89. The van der Waals surface area contributed by atoms with Gasteiger partial charge in [-0.05, 0) is 43.1 Å². The van der Waals surface area contributed by atoms with Crippen molar-refractivity contribution in [1.82, 2.24) is 9.21 Å². The molecule has 5 nitrogen and oxygen atoms in total. The molecule has 2 heterocycles. The summed E-state index contributed by atoms with van der Waals surface area (Å²) in [4.78, 5) is 2.68. The maximum atomic E-state index is 12.8. The molecule has 7 heteroatoms. The zero-order valence-electron chi connectivity index (χ0n) is 11.8. The summed E-state index contributed by atoms with van der Waals surface area (Å²) in [5.41, 5.74) is 6.28. The van der Waals surface area contributed by atoms with E-state index in [4.69, 9.17) is 17.3 Å². The molecule has 0 amide bonds. The average Bonchev–Trinajstić information content (AvgIpc) is 2.94. The van der Waals surface area contributed by atoms with Gasteiger partial charge in [-0.2, -0.15) is 4.31 Å². The minimum atomic E-state index is -3.46. The van der Waals surface area contributed by atoms with Gasteiger partial charge in [-0.15, -0.1) is 0 Å². The Morgan fingerprint density at radius 3 is 2.86 bits per heavy atom. The van der Waals surface area contributed by atoms with Crippen LogP contribution in [-0.2, 0) is 16.6 Å². The van der Waals surface area contributed by atoms with Gasteiger partial charge in [0.1, 0.15) is 0 Å². The molecule has 1 unspecified atom stereocenters. The second-order valence-electron chi connectivity index (χ2n) is 5.65. The highest BCUT2D eigenvalue weighted by Crippen LogP contribution is 2.27. The highest BCUT2D eigenvalue weighted by Gasteiger charge is 2.36. The van der Waals surface area contributed by atoms with Crippen LogP contribution >= 0.6 is 11.6 Å². The zero-order chi connectivity index (χ0) is 15.0. The minimum Gasteiger partial charge on any atom is -0.326 e. The fraction of sp³-hybridized carbons (Fsp3) is 0.571. The number of benzene rings is 1. The highest BCUT2D eigenvalue weighted by atomic mass is 35.5. The van der Waals surface area contributed by atoms with Crippen LogP contribution in [0.5, 0.6) is 0 Å². The fourth-order valence-corrected chi connectivity index (χ4v) is 4.91. The maximum absolute atomic E-state index is 12.8. The Hall–Kier alpha value is -0.660. The van der Waals surface area contributed by atoms with Gasteiger partial charge in [0.25, 0.3) is 0 Å². The molecular weight excluding hydrogens is 310 g/mol. The molecule has 2 aliphatic heterocycles. The van der Waals surface area contributed by atoms with Gasteiger partial charge in [0, 0.05) is 37.2 Å².